The van der Waals surface area contributed by atoms with Crippen LogP contribution < -0.4 is 0 Å². The van der Waals surface area contributed by atoms with Gasteiger partial charge in [-0.05, 0) is 19.9 Å². The lowest BCUT2D eigenvalue weighted by Crippen LogP contribution is -2.39. The Kier molecular flexibility index (Phi) is 2.54. The zero-order chi connectivity index (χ0) is 11.0. The van der Waals surface area contributed by atoms with Crippen LogP contribution in [-0.2, 0) is 9.84 Å². The molecule has 1 rings (SSSR count). The first-order chi connectivity index (χ1) is 6.27. The summed E-state index contributed by atoms with van der Waals surface area (Å²) in [5.41, 5.74) is 0.278. The minimum atomic E-state index is -3.42. The van der Waals surface area contributed by atoms with Gasteiger partial charge >= 0.3 is 0 Å². The molecular formula is C9H12O4S. The molecule has 0 saturated heterocycles. The van der Waals surface area contributed by atoms with Gasteiger partial charge in [-0.2, -0.15) is 0 Å². The van der Waals surface area contributed by atoms with Crippen LogP contribution in [0.15, 0.2) is 23.0 Å². The number of Topliss-reactive ketones (excluding diaryl/α,β-unsaturated/α-hetero) is 1. The summed E-state index contributed by atoms with van der Waals surface area (Å²) >= 11 is 0. The Morgan fingerprint density at radius 3 is 2.36 bits per heavy atom. The van der Waals surface area contributed by atoms with Gasteiger partial charge in [-0.25, -0.2) is 8.42 Å². The topological polar surface area (TPSA) is 64.3 Å². The fourth-order valence-electron chi connectivity index (χ4n) is 0.910. The second-order valence-electron chi connectivity index (χ2n) is 3.62. The summed E-state index contributed by atoms with van der Waals surface area (Å²) in [6.45, 7) is 2.77. The summed E-state index contributed by atoms with van der Waals surface area (Å²) in [6.07, 6.45) is 3.63. The predicted octanol–water partition coefficient (Wildman–Crippen LogP) is 1.29. The molecule has 0 aliphatic rings. The van der Waals surface area contributed by atoms with Crippen LogP contribution in [0, 0.1) is 0 Å². The Labute approximate surface area is 82.8 Å². The predicted molar refractivity (Wildman–Crippen MR) is 52.0 cm³/mol. The van der Waals surface area contributed by atoms with Gasteiger partial charge in [0, 0.05) is 6.26 Å². The van der Waals surface area contributed by atoms with Gasteiger partial charge in [0.05, 0.1) is 11.8 Å². The van der Waals surface area contributed by atoms with Gasteiger partial charge in [-0.15, -0.1) is 0 Å². The number of sulfone groups is 1. The highest BCUT2D eigenvalue weighted by atomic mass is 32.2. The molecule has 5 heteroatoms. The fourth-order valence-corrected chi connectivity index (χ4v) is 1.36. The monoisotopic (exact) mass is 216 g/mol. The molecule has 0 unspecified atom stereocenters. The highest BCUT2D eigenvalue weighted by Gasteiger charge is 2.39. The number of ketones is 1. The molecule has 0 bridgehead atoms. The van der Waals surface area contributed by atoms with Crippen LogP contribution in [-0.4, -0.2) is 25.2 Å². The molecule has 4 nitrogen and oxygen atoms in total. The highest BCUT2D eigenvalue weighted by molar-refractivity contribution is 7.92. The second-order valence-corrected chi connectivity index (χ2v) is 6.19. The van der Waals surface area contributed by atoms with E-state index < -0.39 is 20.4 Å². The van der Waals surface area contributed by atoms with E-state index in [1.807, 2.05) is 0 Å². The van der Waals surface area contributed by atoms with Crippen molar-refractivity contribution in [2.45, 2.75) is 18.6 Å². The van der Waals surface area contributed by atoms with Crippen LogP contribution >= 0.6 is 0 Å². The fraction of sp³-hybridized carbons (Fsp3) is 0.444. The maximum Gasteiger partial charge on any atom is 0.186 e. The van der Waals surface area contributed by atoms with E-state index in [0.717, 1.165) is 6.26 Å². The molecule has 0 N–H and O–H groups in total. The average Bonchev–Trinajstić information content (AvgIpc) is 2.52. The first-order valence-corrected chi connectivity index (χ1v) is 5.92. The summed E-state index contributed by atoms with van der Waals surface area (Å²) in [5, 5.41) is 0. The molecule has 0 amide bonds. The molecule has 0 atom stereocenters. The summed E-state index contributed by atoms with van der Waals surface area (Å²) < 4.78 is 26.0. The maximum absolute atomic E-state index is 11.7. The largest absolute Gasteiger partial charge is 0.472 e. The van der Waals surface area contributed by atoms with Crippen molar-refractivity contribution in [2.75, 3.05) is 6.26 Å². The van der Waals surface area contributed by atoms with Gasteiger partial charge in [-0.3, -0.25) is 4.79 Å². The van der Waals surface area contributed by atoms with Crippen LogP contribution in [0.1, 0.15) is 24.2 Å². The van der Waals surface area contributed by atoms with E-state index in [1.54, 1.807) is 0 Å². The molecule has 0 aliphatic heterocycles. The zero-order valence-corrected chi connectivity index (χ0v) is 9.09. The lowest BCUT2D eigenvalue weighted by atomic mass is 10.0. The van der Waals surface area contributed by atoms with Crippen LogP contribution in [0.3, 0.4) is 0 Å². The minimum absolute atomic E-state index is 0.278. The lowest BCUT2D eigenvalue weighted by molar-refractivity contribution is 0.0953. The average molecular weight is 216 g/mol. The standard InChI is InChI=1S/C9H12O4S/c1-9(2,14(3,11)12)8(10)7-4-5-13-6-7/h4-6H,1-3H3. The molecule has 0 aromatic carbocycles. The summed E-state index contributed by atoms with van der Waals surface area (Å²) in [7, 11) is -3.42. The molecule has 1 heterocycles. The molecule has 78 valence electrons. The van der Waals surface area contributed by atoms with Crippen molar-refractivity contribution in [1.82, 2.24) is 0 Å². The van der Waals surface area contributed by atoms with E-state index in [1.165, 1.54) is 32.4 Å². The third-order valence-corrected chi connectivity index (χ3v) is 4.30. The summed E-state index contributed by atoms with van der Waals surface area (Å²) in [4.78, 5) is 11.7. The second kappa shape index (κ2) is 3.24. The molecule has 0 radical (unpaired) electrons. The van der Waals surface area contributed by atoms with Crippen LogP contribution in [0.4, 0.5) is 0 Å². The third-order valence-electron chi connectivity index (χ3n) is 2.26. The van der Waals surface area contributed by atoms with E-state index in [2.05, 4.69) is 0 Å². The summed E-state index contributed by atoms with van der Waals surface area (Å²) in [6, 6.07) is 1.45. The molecule has 0 aliphatic carbocycles. The summed E-state index contributed by atoms with van der Waals surface area (Å²) in [5.74, 6) is -0.450. The lowest BCUT2D eigenvalue weighted by Gasteiger charge is -2.19. The van der Waals surface area contributed by atoms with Crippen LogP contribution in [0.2, 0.25) is 0 Å². The smallest absolute Gasteiger partial charge is 0.186 e. The number of carbonyl (C=O) groups is 1. The van der Waals surface area contributed by atoms with Gasteiger partial charge in [0.2, 0.25) is 0 Å². The van der Waals surface area contributed by atoms with Crippen molar-refractivity contribution in [3.05, 3.63) is 24.2 Å². The molecule has 0 saturated carbocycles. The van der Waals surface area contributed by atoms with E-state index in [0.29, 0.717) is 0 Å². The molecule has 1 aromatic heterocycles. The van der Waals surface area contributed by atoms with Gasteiger partial charge in [0.25, 0.3) is 0 Å². The number of carbonyl (C=O) groups excluding carboxylic acids is 1. The van der Waals surface area contributed by atoms with E-state index >= 15 is 0 Å². The van der Waals surface area contributed by atoms with Crippen molar-refractivity contribution in [1.29, 1.82) is 0 Å². The number of furan rings is 1. The Balaban J connectivity index is 3.14. The van der Waals surface area contributed by atoms with Crippen molar-refractivity contribution in [2.24, 2.45) is 0 Å². The Morgan fingerprint density at radius 2 is 2.00 bits per heavy atom. The number of hydrogen-bond donors (Lipinski definition) is 0. The highest BCUT2D eigenvalue weighted by Crippen LogP contribution is 2.21. The minimum Gasteiger partial charge on any atom is -0.472 e. The van der Waals surface area contributed by atoms with Crippen LogP contribution in [0.5, 0.6) is 0 Å². The van der Waals surface area contributed by atoms with Gasteiger partial charge < -0.3 is 4.42 Å². The van der Waals surface area contributed by atoms with Crippen molar-refractivity contribution in [3.63, 3.8) is 0 Å². The van der Waals surface area contributed by atoms with E-state index in [9.17, 15) is 13.2 Å². The molecule has 0 fully saturated rings. The van der Waals surface area contributed by atoms with Crippen molar-refractivity contribution >= 4 is 15.6 Å². The quantitative estimate of drug-likeness (QED) is 0.714. The number of hydrogen-bond acceptors (Lipinski definition) is 4. The van der Waals surface area contributed by atoms with Crippen molar-refractivity contribution in [3.8, 4) is 0 Å². The third kappa shape index (κ3) is 1.72. The molecule has 1 aromatic rings. The van der Waals surface area contributed by atoms with Gasteiger partial charge in [-0.1, -0.05) is 0 Å². The zero-order valence-electron chi connectivity index (χ0n) is 8.27. The molecule has 0 spiro atoms. The Bertz CT molecular complexity index is 425. The normalized spacial score (nSPS) is 12.8. The van der Waals surface area contributed by atoms with Gasteiger partial charge in [0.15, 0.2) is 15.6 Å². The molecule has 14 heavy (non-hydrogen) atoms. The molecular weight excluding hydrogens is 204 g/mol. The van der Waals surface area contributed by atoms with E-state index in [-0.39, 0.29) is 5.56 Å². The van der Waals surface area contributed by atoms with E-state index in [4.69, 9.17) is 4.42 Å². The van der Waals surface area contributed by atoms with Gasteiger partial charge in [0.1, 0.15) is 11.0 Å². The Hall–Kier alpha value is -1.10. The van der Waals surface area contributed by atoms with Crippen LogP contribution in [0.25, 0.3) is 0 Å². The first kappa shape index (κ1) is 11.0. The Morgan fingerprint density at radius 1 is 1.43 bits per heavy atom. The SMILES string of the molecule is CC(C)(C(=O)c1ccoc1)S(C)(=O)=O. The number of rotatable bonds is 3. The maximum atomic E-state index is 11.7. The van der Waals surface area contributed by atoms with Crippen molar-refractivity contribution < 1.29 is 17.6 Å². The first-order valence-electron chi connectivity index (χ1n) is 4.03.